The van der Waals surface area contributed by atoms with Crippen LogP contribution in [0.25, 0.3) is 5.69 Å². The molecule has 0 aliphatic rings. The number of benzene rings is 1. The Morgan fingerprint density at radius 2 is 2.15 bits per heavy atom. The van der Waals surface area contributed by atoms with Gasteiger partial charge in [0.15, 0.2) is 0 Å². The van der Waals surface area contributed by atoms with Crippen LogP contribution in [0.2, 0.25) is 0 Å². The van der Waals surface area contributed by atoms with E-state index in [0.717, 1.165) is 11.3 Å². The first-order valence-electron chi connectivity index (χ1n) is 6.72. The fourth-order valence-corrected chi connectivity index (χ4v) is 1.92. The van der Waals surface area contributed by atoms with Crippen molar-refractivity contribution in [3.63, 3.8) is 0 Å². The van der Waals surface area contributed by atoms with Crippen molar-refractivity contribution < 1.29 is 9.53 Å². The highest BCUT2D eigenvalue weighted by atomic mass is 16.5. The fraction of sp³-hybridized carbons (Fsp3) is 0.333. The highest BCUT2D eigenvalue weighted by molar-refractivity contribution is 5.69. The molecule has 0 fully saturated rings. The Morgan fingerprint density at radius 1 is 1.40 bits per heavy atom. The third-order valence-electron chi connectivity index (χ3n) is 3.02. The van der Waals surface area contributed by atoms with Crippen LogP contribution in [0, 0.1) is 0 Å². The molecule has 106 valence electrons. The molecule has 0 radical (unpaired) electrons. The summed E-state index contributed by atoms with van der Waals surface area (Å²) in [5.41, 5.74) is 7.97. The van der Waals surface area contributed by atoms with Crippen LogP contribution in [-0.2, 0) is 9.53 Å². The fourth-order valence-electron chi connectivity index (χ4n) is 1.92. The lowest BCUT2D eigenvalue weighted by atomic mass is 10.1. The minimum atomic E-state index is -0.211. The Hall–Kier alpha value is -2.14. The van der Waals surface area contributed by atoms with E-state index in [2.05, 4.69) is 5.10 Å². The molecule has 1 heterocycles. The van der Waals surface area contributed by atoms with Crippen molar-refractivity contribution in [2.75, 3.05) is 6.61 Å². The van der Waals surface area contributed by atoms with Crippen LogP contribution in [0.1, 0.15) is 31.4 Å². The second-order valence-corrected chi connectivity index (χ2v) is 4.50. The SMILES string of the molecule is CCOC(=O)CCC(N)c1cnn(-c2ccccc2)c1. The maximum Gasteiger partial charge on any atom is 0.305 e. The average Bonchev–Trinajstić information content (AvgIpc) is 2.96. The molecule has 0 saturated heterocycles. The molecule has 0 amide bonds. The summed E-state index contributed by atoms with van der Waals surface area (Å²) in [6.07, 6.45) is 4.51. The number of esters is 1. The van der Waals surface area contributed by atoms with E-state index in [4.69, 9.17) is 10.5 Å². The largest absolute Gasteiger partial charge is 0.466 e. The molecule has 2 aromatic rings. The molecule has 20 heavy (non-hydrogen) atoms. The number of rotatable bonds is 6. The molecular weight excluding hydrogens is 254 g/mol. The van der Waals surface area contributed by atoms with Crippen molar-refractivity contribution in [3.05, 3.63) is 48.3 Å². The normalized spacial score (nSPS) is 12.1. The average molecular weight is 273 g/mol. The van der Waals surface area contributed by atoms with Crippen LogP contribution in [0.15, 0.2) is 42.7 Å². The van der Waals surface area contributed by atoms with Gasteiger partial charge in [-0.1, -0.05) is 18.2 Å². The molecule has 0 bridgehead atoms. The Bertz CT molecular complexity index is 551. The van der Waals surface area contributed by atoms with Crippen LogP contribution < -0.4 is 5.73 Å². The van der Waals surface area contributed by atoms with E-state index in [1.807, 2.05) is 36.5 Å². The highest BCUT2D eigenvalue weighted by Crippen LogP contribution is 2.17. The van der Waals surface area contributed by atoms with Gasteiger partial charge >= 0.3 is 5.97 Å². The predicted octanol–water partition coefficient (Wildman–Crippen LogP) is 2.22. The zero-order valence-corrected chi connectivity index (χ0v) is 11.5. The molecule has 5 heteroatoms. The Labute approximate surface area is 118 Å². The summed E-state index contributed by atoms with van der Waals surface area (Å²) in [5, 5.41) is 4.29. The number of carbonyl (C=O) groups is 1. The van der Waals surface area contributed by atoms with Gasteiger partial charge in [-0.2, -0.15) is 5.10 Å². The molecular formula is C15H19N3O2. The smallest absolute Gasteiger partial charge is 0.305 e. The van der Waals surface area contributed by atoms with Crippen LogP contribution in [0.4, 0.5) is 0 Å². The van der Waals surface area contributed by atoms with Gasteiger partial charge in [0.1, 0.15) is 0 Å². The summed E-state index contributed by atoms with van der Waals surface area (Å²) in [4.78, 5) is 11.3. The van der Waals surface area contributed by atoms with Gasteiger partial charge in [0, 0.05) is 24.2 Å². The monoisotopic (exact) mass is 273 g/mol. The van der Waals surface area contributed by atoms with Crippen molar-refractivity contribution in [2.24, 2.45) is 5.73 Å². The van der Waals surface area contributed by atoms with Gasteiger partial charge in [0.05, 0.1) is 18.5 Å². The summed E-state index contributed by atoms with van der Waals surface area (Å²) in [5.74, 6) is -0.210. The third kappa shape index (κ3) is 3.68. The van der Waals surface area contributed by atoms with Crippen LogP contribution in [-0.4, -0.2) is 22.4 Å². The molecule has 0 spiro atoms. The minimum absolute atomic E-state index is 0.210. The molecule has 0 aliphatic heterocycles. The highest BCUT2D eigenvalue weighted by Gasteiger charge is 2.12. The van der Waals surface area contributed by atoms with Crippen molar-refractivity contribution in [1.82, 2.24) is 9.78 Å². The van der Waals surface area contributed by atoms with Crippen molar-refractivity contribution in [3.8, 4) is 5.69 Å². The standard InChI is InChI=1S/C15H19N3O2/c1-2-20-15(19)9-8-14(16)12-10-17-18(11-12)13-6-4-3-5-7-13/h3-7,10-11,14H,2,8-9,16H2,1H3. The van der Waals surface area contributed by atoms with Crippen molar-refractivity contribution >= 4 is 5.97 Å². The molecule has 0 aliphatic carbocycles. The Morgan fingerprint density at radius 3 is 2.85 bits per heavy atom. The Balaban J connectivity index is 1.96. The van der Waals surface area contributed by atoms with Gasteiger partial charge in [0.2, 0.25) is 0 Å². The summed E-state index contributed by atoms with van der Waals surface area (Å²) in [6.45, 7) is 2.20. The predicted molar refractivity (Wildman–Crippen MR) is 76.4 cm³/mol. The summed E-state index contributed by atoms with van der Waals surface area (Å²) in [7, 11) is 0. The second kappa shape index (κ2) is 6.86. The van der Waals surface area contributed by atoms with Crippen LogP contribution in [0.5, 0.6) is 0 Å². The van der Waals surface area contributed by atoms with E-state index in [1.165, 1.54) is 0 Å². The summed E-state index contributed by atoms with van der Waals surface area (Å²) in [6, 6.07) is 9.60. The number of para-hydroxylation sites is 1. The molecule has 1 aromatic carbocycles. The minimum Gasteiger partial charge on any atom is -0.466 e. The van der Waals surface area contributed by atoms with E-state index in [0.29, 0.717) is 19.4 Å². The molecule has 2 rings (SSSR count). The summed E-state index contributed by atoms with van der Waals surface area (Å²) >= 11 is 0. The number of nitrogens with two attached hydrogens (primary N) is 1. The molecule has 1 unspecified atom stereocenters. The first-order chi connectivity index (χ1) is 9.70. The van der Waals surface area contributed by atoms with E-state index < -0.39 is 0 Å². The summed E-state index contributed by atoms with van der Waals surface area (Å²) < 4.78 is 6.66. The molecule has 1 aromatic heterocycles. The van der Waals surface area contributed by atoms with Gasteiger partial charge in [0.25, 0.3) is 0 Å². The van der Waals surface area contributed by atoms with Crippen molar-refractivity contribution in [2.45, 2.75) is 25.8 Å². The van der Waals surface area contributed by atoms with Gasteiger partial charge in [-0.05, 0) is 25.5 Å². The van der Waals surface area contributed by atoms with Crippen LogP contribution in [0.3, 0.4) is 0 Å². The first kappa shape index (κ1) is 14.3. The van der Waals surface area contributed by atoms with E-state index >= 15 is 0 Å². The van der Waals surface area contributed by atoms with Gasteiger partial charge in [-0.3, -0.25) is 4.79 Å². The lowest BCUT2D eigenvalue weighted by Crippen LogP contribution is -2.13. The van der Waals surface area contributed by atoms with E-state index in [1.54, 1.807) is 17.8 Å². The maximum atomic E-state index is 11.3. The zero-order valence-electron chi connectivity index (χ0n) is 11.5. The second-order valence-electron chi connectivity index (χ2n) is 4.50. The zero-order chi connectivity index (χ0) is 14.4. The number of hydrogen-bond donors (Lipinski definition) is 1. The molecule has 5 nitrogen and oxygen atoms in total. The van der Waals surface area contributed by atoms with Gasteiger partial charge < -0.3 is 10.5 Å². The van der Waals surface area contributed by atoms with Crippen LogP contribution >= 0.6 is 0 Å². The van der Waals surface area contributed by atoms with Gasteiger partial charge in [-0.15, -0.1) is 0 Å². The molecule has 0 saturated carbocycles. The lowest BCUT2D eigenvalue weighted by molar-refractivity contribution is -0.143. The Kier molecular flexibility index (Phi) is 4.90. The molecule has 1 atom stereocenters. The topological polar surface area (TPSA) is 70.1 Å². The third-order valence-corrected chi connectivity index (χ3v) is 3.02. The number of nitrogens with zero attached hydrogens (tertiary/aromatic N) is 2. The number of carbonyl (C=O) groups excluding carboxylic acids is 1. The number of ether oxygens (including phenoxy) is 1. The number of hydrogen-bond acceptors (Lipinski definition) is 4. The molecule has 2 N–H and O–H groups in total. The van der Waals surface area contributed by atoms with Crippen molar-refractivity contribution in [1.29, 1.82) is 0 Å². The lowest BCUT2D eigenvalue weighted by Gasteiger charge is -2.08. The van der Waals surface area contributed by atoms with E-state index in [9.17, 15) is 4.79 Å². The van der Waals surface area contributed by atoms with Gasteiger partial charge in [-0.25, -0.2) is 4.68 Å². The first-order valence-corrected chi connectivity index (χ1v) is 6.72. The quantitative estimate of drug-likeness (QED) is 0.819. The maximum absolute atomic E-state index is 11.3. The number of aromatic nitrogens is 2. The van der Waals surface area contributed by atoms with E-state index in [-0.39, 0.29) is 12.0 Å².